The quantitative estimate of drug-likeness (QED) is 0.201. The zero-order chi connectivity index (χ0) is 23.1. The van der Waals surface area contributed by atoms with Gasteiger partial charge in [0.1, 0.15) is 5.75 Å². The van der Waals surface area contributed by atoms with Gasteiger partial charge in [-0.2, -0.15) is 0 Å². The summed E-state index contributed by atoms with van der Waals surface area (Å²) in [5, 5.41) is 0. The molecule has 0 atom stereocenters. The minimum atomic E-state index is -0.239. The number of hydrogen-bond acceptors (Lipinski definition) is 3. The third-order valence-electron chi connectivity index (χ3n) is 6.37. The molecule has 0 radical (unpaired) electrons. The van der Waals surface area contributed by atoms with Crippen molar-refractivity contribution in [3.05, 3.63) is 66.7 Å². The molecule has 0 aliphatic carbocycles. The Balaban J connectivity index is 1.39. The Morgan fingerprint density at radius 2 is 1.45 bits per heavy atom. The van der Waals surface area contributed by atoms with Crippen LogP contribution >= 0.6 is 0 Å². The molecular weight excluding hydrogens is 408 g/mol. The molecule has 2 aromatic rings. The van der Waals surface area contributed by atoms with Crippen LogP contribution in [0.2, 0.25) is 0 Å². The molecular formula is C30H42O3. The van der Waals surface area contributed by atoms with Crippen LogP contribution in [0.4, 0.5) is 0 Å². The molecule has 0 saturated carbocycles. The van der Waals surface area contributed by atoms with E-state index in [1.165, 1.54) is 56.1 Å². The first-order chi connectivity index (χ1) is 16.3. The molecule has 1 saturated heterocycles. The number of benzene rings is 2. The maximum atomic E-state index is 6.05. The fourth-order valence-corrected chi connectivity index (χ4v) is 4.27. The summed E-state index contributed by atoms with van der Waals surface area (Å²) in [4.78, 5) is 0. The van der Waals surface area contributed by atoms with Crippen molar-refractivity contribution in [3.8, 4) is 16.9 Å². The van der Waals surface area contributed by atoms with E-state index >= 15 is 0 Å². The Kier molecular flexibility index (Phi) is 11.5. The molecule has 0 spiro atoms. The number of hydrogen-bond donors (Lipinski definition) is 0. The molecule has 1 heterocycles. The monoisotopic (exact) mass is 450 g/mol. The van der Waals surface area contributed by atoms with E-state index in [0.717, 1.165) is 50.4 Å². The first-order valence-electron chi connectivity index (χ1n) is 13.0. The minimum absolute atomic E-state index is 0.239. The zero-order valence-electron chi connectivity index (χ0n) is 20.5. The van der Waals surface area contributed by atoms with Crippen molar-refractivity contribution >= 4 is 0 Å². The molecule has 0 aromatic heterocycles. The van der Waals surface area contributed by atoms with Gasteiger partial charge >= 0.3 is 0 Å². The summed E-state index contributed by atoms with van der Waals surface area (Å²) in [6, 6.07) is 16.9. The van der Waals surface area contributed by atoms with Crippen molar-refractivity contribution in [2.24, 2.45) is 5.92 Å². The van der Waals surface area contributed by atoms with Gasteiger partial charge in [-0.25, -0.2) is 0 Å². The predicted molar refractivity (Wildman–Crippen MR) is 138 cm³/mol. The van der Waals surface area contributed by atoms with Crippen molar-refractivity contribution in [2.45, 2.75) is 77.4 Å². The second-order valence-electron chi connectivity index (χ2n) is 9.20. The number of ether oxygens (including phenoxy) is 3. The van der Waals surface area contributed by atoms with Crippen molar-refractivity contribution in [3.63, 3.8) is 0 Å². The molecule has 0 unspecified atom stereocenters. The number of unbranched alkanes of at least 4 members (excludes halogenated alkanes) is 7. The fraction of sp³-hybridized carbons (Fsp3) is 0.533. The van der Waals surface area contributed by atoms with E-state index in [9.17, 15) is 0 Å². The highest BCUT2D eigenvalue weighted by Gasteiger charge is 2.23. The van der Waals surface area contributed by atoms with Gasteiger partial charge in [0.2, 0.25) is 0 Å². The topological polar surface area (TPSA) is 27.7 Å². The van der Waals surface area contributed by atoms with E-state index < -0.39 is 0 Å². The van der Waals surface area contributed by atoms with Crippen molar-refractivity contribution in [1.82, 2.24) is 0 Å². The van der Waals surface area contributed by atoms with E-state index in [2.05, 4.69) is 49.9 Å². The molecule has 0 N–H and O–H groups in total. The van der Waals surface area contributed by atoms with Crippen LogP contribution < -0.4 is 4.74 Å². The van der Waals surface area contributed by atoms with Crippen LogP contribution in [-0.4, -0.2) is 19.8 Å². The summed E-state index contributed by atoms with van der Waals surface area (Å²) in [6.45, 7) is 8.38. The molecule has 1 aliphatic rings. The van der Waals surface area contributed by atoms with Gasteiger partial charge in [-0.15, -0.1) is 6.58 Å². The zero-order valence-corrected chi connectivity index (χ0v) is 20.5. The summed E-state index contributed by atoms with van der Waals surface area (Å²) in [7, 11) is 0. The van der Waals surface area contributed by atoms with Crippen LogP contribution in [0, 0.1) is 5.92 Å². The summed E-state index contributed by atoms with van der Waals surface area (Å²) in [5.41, 5.74) is 3.47. The van der Waals surface area contributed by atoms with Crippen LogP contribution in [0.15, 0.2) is 61.2 Å². The second-order valence-corrected chi connectivity index (χ2v) is 9.20. The first-order valence-corrected chi connectivity index (χ1v) is 13.0. The van der Waals surface area contributed by atoms with E-state index in [1.807, 2.05) is 18.2 Å². The number of allylic oxidation sites excluding steroid dienone is 1. The lowest BCUT2D eigenvalue weighted by molar-refractivity contribution is -0.206. The Morgan fingerprint density at radius 3 is 2.12 bits per heavy atom. The highest BCUT2D eigenvalue weighted by molar-refractivity contribution is 5.64. The third kappa shape index (κ3) is 8.98. The maximum absolute atomic E-state index is 6.05. The average Bonchev–Trinajstić information content (AvgIpc) is 2.87. The Morgan fingerprint density at radius 1 is 0.818 bits per heavy atom. The van der Waals surface area contributed by atoms with Crippen LogP contribution in [0.5, 0.6) is 5.75 Å². The van der Waals surface area contributed by atoms with E-state index in [-0.39, 0.29) is 6.29 Å². The molecule has 3 nitrogen and oxygen atoms in total. The summed E-state index contributed by atoms with van der Waals surface area (Å²) in [6.07, 6.45) is 14.2. The van der Waals surface area contributed by atoms with E-state index in [1.54, 1.807) is 0 Å². The summed E-state index contributed by atoms with van der Waals surface area (Å²) >= 11 is 0. The SMILES string of the molecule is C=CCCCCOc1ccc(-c2ccc(C3OCC(CCCCCCCC)CO3)cc2)cc1. The van der Waals surface area contributed by atoms with E-state index in [0.29, 0.717) is 5.92 Å². The van der Waals surface area contributed by atoms with Crippen LogP contribution in [0.25, 0.3) is 11.1 Å². The second kappa shape index (κ2) is 14.9. The van der Waals surface area contributed by atoms with Gasteiger partial charge in [-0.1, -0.05) is 87.9 Å². The fourth-order valence-electron chi connectivity index (χ4n) is 4.27. The van der Waals surface area contributed by atoms with Gasteiger partial charge in [0.05, 0.1) is 19.8 Å². The Hall–Kier alpha value is -2.10. The lowest BCUT2D eigenvalue weighted by Gasteiger charge is -2.29. The van der Waals surface area contributed by atoms with Gasteiger partial charge in [0.25, 0.3) is 0 Å². The highest BCUT2D eigenvalue weighted by atomic mass is 16.7. The van der Waals surface area contributed by atoms with Gasteiger partial charge in [0.15, 0.2) is 6.29 Å². The largest absolute Gasteiger partial charge is 0.494 e. The van der Waals surface area contributed by atoms with Crippen LogP contribution in [0.1, 0.15) is 83.0 Å². The van der Waals surface area contributed by atoms with Crippen molar-refractivity contribution in [2.75, 3.05) is 19.8 Å². The third-order valence-corrected chi connectivity index (χ3v) is 6.37. The molecule has 180 valence electrons. The first kappa shape index (κ1) is 25.5. The lowest BCUT2D eigenvalue weighted by atomic mass is 10.0. The Labute approximate surface area is 201 Å². The smallest absolute Gasteiger partial charge is 0.183 e. The van der Waals surface area contributed by atoms with Crippen LogP contribution in [-0.2, 0) is 9.47 Å². The number of rotatable bonds is 15. The molecule has 33 heavy (non-hydrogen) atoms. The average molecular weight is 451 g/mol. The van der Waals surface area contributed by atoms with Gasteiger partial charge in [-0.05, 0) is 48.9 Å². The molecule has 0 amide bonds. The van der Waals surface area contributed by atoms with Crippen molar-refractivity contribution in [1.29, 1.82) is 0 Å². The predicted octanol–water partition coefficient (Wildman–Crippen LogP) is 8.50. The van der Waals surface area contributed by atoms with Crippen LogP contribution in [0.3, 0.4) is 0 Å². The Bertz CT molecular complexity index is 773. The lowest BCUT2D eigenvalue weighted by Crippen LogP contribution is -2.27. The van der Waals surface area contributed by atoms with Gasteiger partial charge in [-0.3, -0.25) is 0 Å². The molecule has 3 rings (SSSR count). The standard InChI is InChI=1S/C30H42O3/c1-3-5-7-9-10-11-13-25-23-32-30(33-24-25)28-16-14-26(15-17-28)27-18-20-29(21-19-27)31-22-12-8-6-4-2/h4,14-21,25,30H,2-3,5-13,22-24H2,1H3. The van der Waals surface area contributed by atoms with Gasteiger partial charge < -0.3 is 14.2 Å². The summed E-state index contributed by atoms with van der Waals surface area (Å²) in [5.74, 6) is 1.46. The van der Waals surface area contributed by atoms with E-state index in [4.69, 9.17) is 14.2 Å². The summed E-state index contributed by atoms with van der Waals surface area (Å²) < 4.78 is 17.9. The minimum Gasteiger partial charge on any atom is -0.494 e. The van der Waals surface area contributed by atoms with Crippen molar-refractivity contribution < 1.29 is 14.2 Å². The highest BCUT2D eigenvalue weighted by Crippen LogP contribution is 2.30. The molecule has 1 fully saturated rings. The molecule has 0 bridgehead atoms. The molecule has 3 heteroatoms. The van der Waals surface area contributed by atoms with Gasteiger partial charge in [0, 0.05) is 11.5 Å². The maximum Gasteiger partial charge on any atom is 0.183 e. The molecule has 1 aliphatic heterocycles. The normalized spacial score (nSPS) is 18.2. The molecule has 2 aromatic carbocycles.